The molecule has 1 aliphatic rings. The number of carbonyl (C=O) groups excluding carboxylic acids is 1. The minimum absolute atomic E-state index is 0.132. The first-order chi connectivity index (χ1) is 7.27. The topological polar surface area (TPSA) is 57.6 Å². The lowest BCUT2D eigenvalue weighted by Gasteiger charge is -2.32. The Kier molecular flexibility index (Phi) is 3.41. The summed E-state index contributed by atoms with van der Waals surface area (Å²) < 4.78 is 0. The van der Waals surface area contributed by atoms with Gasteiger partial charge in [-0.2, -0.15) is 0 Å². The van der Waals surface area contributed by atoms with Crippen molar-refractivity contribution < 1.29 is 14.7 Å². The lowest BCUT2D eigenvalue weighted by molar-refractivity contribution is -0.134. The number of aliphatic carboxylic acids is 1. The lowest BCUT2D eigenvalue weighted by atomic mass is 10.0. The van der Waals surface area contributed by atoms with Gasteiger partial charge in [-0.05, 0) is 40.5 Å². The Balaban J connectivity index is 2.95. The molecule has 1 fully saturated rings. The first kappa shape index (κ1) is 12.7. The monoisotopic (exact) mass is 225 g/mol. The number of carboxylic acids is 1. The van der Waals surface area contributed by atoms with Gasteiger partial charge in [0.2, 0.25) is 5.91 Å². The van der Waals surface area contributed by atoms with Crippen LogP contribution in [-0.4, -0.2) is 34.0 Å². The molecule has 0 aliphatic carbocycles. The molecule has 0 radical (unpaired) electrons. The Morgan fingerprint density at radius 1 is 1.19 bits per heavy atom. The summed E-state index contributed by atoms with van der Waals surface area (Å²) in [4.78, 5) is 24.7. The molecule has 0 unspecified atom stereocenters. The zero-order valence-electron chi connectivity index (χ0n) is 10.3. The van der Waals surface area contributed by atoms with E-state index in [1.807, 2.05) is 13.8 Å². The van der Waals surface area contributed by atoms with Crippen LogP contribution in [0.2, 0.25) is 0 Å². The van der Waals surface area contributed by atoms with Crippen molar-refractivity contribution in [3.8, 4) is 0 Å². The molecular weight excluding hydrogens is 206 g/mol. The second-order valence-corrected chi connectivity index (χ2v) is 4.93. The van der Waals surface area contributed by atoms with E-state index in [4.69, 9.17) is 5.11 Å². The van der Waals surface area contributed by atoms with Crippen LogP contribution < -0.4 is 0 Å². The van der Waals surface area contributed by atoms with E-state index in [-0.39, 0.29) is 17.0 Å². The van der Waals surface area contributed by atoms with Gasteiger partial charge in [0.05, 0.1) is 0 Å². The summed E-state index contributed by atoms with van der Waals surface area (Å²) in [6.07, 6.45) is 1.95. The van der Waals surface area contributed by atoms with Crippen molar-refractivity contribution in [1.29, 1.82) is 0 Å². The summed E-state index contributed by atoms with van der Waals surface area (Å²) in [6.45, 7) is 7.80. The van der Waals surface area contributed by atoms with E-state index >= 15 is 0 Å². The van der Waals surface area contributed by atoms with Crippen LogP contribution in [0.1, 0.15) is 40.5 Å². The van der Waals surface area contributed by atoms with Gasteiger partial charge in [0.25, 0.3) is 0 Å². The average Bonchev–Trinajstić information content (AvgIpc) is 2.54. The van der Waals surface area contributed by atoms with E-state index in [0.717, 1.165) is 19.4 Å². The highest BCUT2D eigenvalue weighted by atomic mass is 16.4. The minimum Gasteiger partial charge on any atom is -0.478 e. The quantitative estimate of drug-likeness (QED) is 0.729. The van der Waals surface area contributed by atoms with Gasteiger partial charge in [0, 0.05) is 23.2 Å². The third-order valence-electron chi connectivity index (χ3n) is 3.35. The number of hydrogen-bond acceptors (Lipinski definition) is 2. The van der Waals surface area contributed by atoms with Crippen molar-refractivity contribution in [3.05, 3.63) is 11.1 Å². The van der Waals surface area contributed by atoms with E-state index in [0.29, 0.717) is 5.57 Å². The van der Waals surface area contributed by atoms with Crippen molar-refractivity contribution in [2.24, 2.45) is 0 Å². The molecule has 0 atom stereocenters. The van der Waals surface area contributed by atoms with Crippen LogP contribution in [0.15, 0.2) is 11.1 Å². The second kappa shape index (κ2) is 4.28. The maximum atomic E-state index is 12.1. The van der Waals surface area contributed by atoms with E-state index in [1.54, 1.807) is 11.8 Å². The zero-order chi connectivity index (χ0) is 12.5. The highest BCUT2D eigenvalue weighted by Gasteiger charge is 2.36. The van der Waals surface area contributed by atoms with Crippen molar-refractivity contribution >= 4 is 11.9 Å². The SMILES string of the molecule is CC(C(=O)O)=C(C)C(=O)N1CCCC1(C)C. The highest BCUT2D eigenvalue weighted by Crippen LogP contribution is 2.29. The van der Waals surface area contributed by atoms with Crippen LogP contribution >= 0.6 is 0 Å². The zero-order valence-corrected chi connectivity index (χ0v) is 10.3. The lowest BCUT2D eigenvalue weighted by Crippen LogP contribution is -2.43. The van der Waals surface area contributed by atoms with Gasteiger partial charge in [-0.25, -0.2) is 4.79 Å². The smallest absolute Gasteiger partial charge is 0.331 e. The minimum atomic E-state index is -1.03. The van der Waals surface area contributed by atoms with E-state index in [1.165, 1.54) is 6.92 Å². The van der Waals surface area contributed by atoms with Gasteiger partial charge >= 0.3 is 5.97 Å². The van der Waals surface area contributed by atoms with Crippen LogP contribution in [0.5, 0.6) is 0 Å². The number of hydrogen-bond donors (Lipinski definition) is 1. The van der Waals surface area contributed by atoms with Gasteiger partial charge in [-0.1, -0.05) is 0 Å². The van der Waals surface area contributed by atoms with Crippen LogP contribution in [-0.2, 0) is 9.59 Å². The van der Waals surface area contributed by atoms with Crippen molar-refractivity contribution in [1.82, 2.24) is 4.90 Å². The third-order valence-corrected chi connectivity index (χ3v) is 3.35. The highest BCUT2D eigenvalue weighted by molar-refractivity contribution is 6.01. The number of carbonyl (C=O) groups is 2. The number of likely N-dealkylation sites (tertiary alicyclic amines) is 1. The van der Waals surface area contributed by atoms with Gasteiger partial charge in [-0.3, -0.25) is 4.79 Å². The van der Waals surface area contributed by atoms with E-state index in [2.05, 4.69) is 0 Å². The predicted octanol–water partition coefficient (Wildman–Crippen LogP) is 1.81. The molecule has 4 heteroatoms. The third kappa shape index (κ3) is 2.26. The Hall–Kier alpha value is -1.32. The molecule has 0 aromatic rings. The van der Waals surface area contributed by atoms with Gasteiger partial charge in [0.15, 0.2) is 0 Å². The Morgan fingerprint density at radius 3 is 2.12 bits per heavy atom. The van der Waals surface area contributed by atoms with Crippen LogP contribution in [0.25, 0.3) is 0 Å². The number of carboxylic acid groups (broad SMARTS) is 1. The van der Waals surface area contributed by atoms with Gasteiger partial charge in [0.1, 0.15) is 0 Å². The summed E-state index contributed by atoms with van der Waals surface area (Å²) in [5.41, 5.74) is 0.312. The molecule has 16 heavy (non-hydrogen) atoms. The molecule has 1 amide bonds. The molecular formula is C12H19NO3. The molecule has 0 saturated carbocycles. The van der Waals surface area contributed by atoms with Crippen LogP contribution in [0.3, 0.4) is 0 Å². The van der Waals surface area contributed by atoms with Gasteiger partial charge < -0.3 is 10.0 Å². The molecule has 90 valence electrons. The number of nitrogens with zero attached hydrogens (tertiary/aromatic N) is 1. The normalized spacial score (nSPS) is 20.6. The largest absolute Gasteiger partial charge is 0.478 e. The molecule has 4 nitrogen and oxygen atoms in total. The molecule has 0 aromatic heterocycles. The fourth-order valence-electron chi connectivity index (χ4n) is 2.01. The molecule has 0 spiro atoms. The Morgan fingerprint density at radius 2 is 1.75 bits per heavy atom. The fraction of sp³-hybridized carbons (Fsp3) is 0.667. The molecule has 1 N–H and O–H groups in total. The summed E-state index contributed by atoms with van der Waals surface area (Å²) in [5.74, 6) is -1.18. The van der Waals surface area contributed by atoms with Crippen LogP contribution in [0, 0.1) is 0 Å². The van der Waals surface area contributed by atoms with Gasteiger partial charge in [-0.15, -0.1) is 0 Å². The summed E-state index contributed by atoms with van der Waals surface area (Å²) in [7, 11) is 0. The standard InChI is InChI=1S/C12H19NO3/c1-8(9(2)11(15)16)10(14)13-7-5-6-12(13,3)4/h5-7H2,1-4H3,(H,15,16). The van der Waals surface area contributed by atoms with Crippen molar-refractivity contribution in [2.45, 2.75) is 46.1 Å². The molecule has 1 heterocycles. The van der Waals surface area contributed by atoms with E-state index < -0.39 is 5.97 Å². The van der Waals surface area contributed by atoms with Crippen LogP contribution in [0.4, 0.5) is 0 Å². The predicted molar refractivity (Wildman–Crippen MR) is 61.0 cm³/mol. The fourth-order valence-corrected chi connectivity index (χ4v) is 2.01. The molecule has 1 aliphatic heterocycles. The number of amides is 1. The Labute approximate surface area is 95.9 Å². The van der Waals surface area contributed by atoms with Crippen molar-refractivity contribution in [3.63, 3.8) is 0 Å². The first-order valence-corrected chi connectivity index (χ1v) is 5.50. The average molecular weight is 225 g/mol. The number of rotatable bonds is 2. The second-order valence-electron chi connectivity index (χ2n) is 4.93. The summed E-state index contributed by atoms with van der Waals surface area (Å²) >= 11 is 0. The van der Waals surface area contributed by atoms with Crippen molar-refractivity contribution in [2.75, 3.05) is 6.54 Å². The van der Waals surface area contributed by atoms with E-state index in [9.17, 15) is 9.59 Å². The summed E-state index contributed by atoms with van der Waals surface area (Å²) in [6, 6.07) is 0. The maximum absolute atomic E-state index is 12.1. The molecule has 0 aromatic carbocycles. The summed E-state index contributed by atoms with van der Waals surface area (Å²) in [5, 5.41) is 8.85. The maximum Gasteiger partial charge on any atom is 0.331 e. The molecule has 1 rings (SSSR count). The molecule has 1 saturated heterocycles. The molecule has 0 bridgehead atoms. The Bertz CT molecular complexity index is 355. The first-order valence-electron chi connectivity index (χ1n) is 5.50.